The van der Waals surface area contributed by atoms with Gasteiger partial charge in [0, 0.05) is 24.1 Å². The van der Waals surface area contributed by atoms with Gasteiger partial charge in [0.05, 0.1) is 6.07 Å². The molecule has 1 aliphatic carbocycles. The van der Waals surface area contributed by atoms with E-state index in [4.69, 9.17) is 10.00 Å². The Balaban J connectivity index is 1.33. The molecule has 2 atom stereocenters. The molecule has 2 saturated heterocycles. The smallest absolute Gasteiger partial charge is 0.410 e. The first-order valence-electron chi connectivity index (χ1n) is 9.97. The van der Waals surface area contributed by atoms with E-state index in [0.29, 0.717) is 6.61 Å². The summed E-state index contributed by atoms with van der Waals surface area (Å²) >= 11 is 0. The van der Waals surface area contributed by atoms with Gasteiger partial charge in [0.15, 0.2) is 0 Å². The number of ether oxygens (including phenoxy) is 1. The van der Waals surface area contributed by atoms with Crippen LogP contribution in [0.1, 0.15) is 42.7 Å². The average molecular weight is 370 g/mol. The third-order valence-corrected chi connectivity index (χ3v) is 6.43. The fourth-order valence-corrected chi connectivity index (χ4v) is 5.23. The number of allylic oxidation sites excluding steroid dienone is 1. The SMILES string of the molecule is N#CC=C1CC2CCC(C1)N2C(=O)OCC1c2ccccc2-c2ccccc21. The number of amides is 1. The average Bonchev–Trinajstić information content (AvgIpc) is 3.18. The zero-order valence-electron chi connectivity index (χ0n) is 15.7. The molecule has 5 rings (SSSR count). The van der Waals surface area contributed by atoms with Crippen molar-refractivity contribution in [1.82, 2.24) is 4.90 Å². The van der Waals surface area contributed by atoms with Gasteiger partial charge in [-0.05, 0) is 47.9 Å². The highest BCUT2D eigenvalue weighted by Gasteiger charge is 2.42. The van der Waals surface area contributed by atoms with Crippen LogP contribution in [0.2, 0.25) is 0 Å². The van der Waals surface area contributed by atoms with Gasteiger partial charge in [-0.2, -0.15) is 5.26 Å². The van der Waals surface area contributed by atoms with E-state index in [0.717, 1.165) is 31.3 Å². The maximum absolute atomic E-state index is 12.9. The number of nitrogens with zero attached hydrogens (tertiary/aromatic N) is 2. The molecule has 2 aliphatic heterocycles. The van der Waals surface area contributed by atoms with E-state index in [1.54, 1.807) is 6.08 Å². The first-order chi connectivity index (χ1) is 13.8. The van der Waals surface area contributed by atoms with Crippen molar-refractivity contribution in [2.75, 3.05) is 6.61 Å². The van der Waals surface area contributed by atoms with Crippen LogP contribution in [-0.4, -0.2) is 29.7 Å². The molecule has 0 aromatic heterocycles. The van der Waals surface area contributed by atoms with Gasteiger partial charge in [0.25, 0.3) is 0 Å². The topological polar surface area (TPSA) is 53.3 Å². The highest BCUT2D eigenvalue weighted by molar-refractivity contribution is 5.79. The second kappa shape index (κ2) is 6.83. The van der Waals surface area contributed by atoms with E-state index in [2.05, 4.69) is 42.5 Å². The first-order valence-corrected chi connectivity index (χ1v) is 9.97. The highest BCUT2D eigenvalue weighted by Crippen LogP contribution is 2.45. The second-order valence-corrected chi connectivity index (χ2v) is 7.94. The maximum atomic E-state index is 12.9. The standard InChI is InChI=1S/C24H22N2O2/c25-12-11-16-13-17-9-10-18(14-16)26(17)24(27)28-15-23-21-7-3-1-5-19(21)20-6-2-4-8-22(20)23/h1-8,11,17-18,23H,9-10,13-15H2. The molecule has 0 spiro atoms. The lowest BCUT2D eigenvalue weighted by Gasteiger charge is -2.35. The van der Waals surface area contributed by atoms with Crippen LogP contribution in [-0.2, 0) is 4.74 Å². The third kappa shape index (κ3) is 2.70. The van der Waals surface area contributed by atoms with E-state index in [-0.39, 0.29) is 24.1 Å². The fraction of sp³-hybridized carbons (Fsp3) is 0.333. The Labute approximate surface area is 165 Å². The normalized spacial score (nSPS) is 22.4. The Morgan fingerprint density at radius 3 is 2.18 bits per heavy atom. The van der Waals surface area contributed by atoms with E-state index in [1.165, 1.54) is 22.3 Å². The van der Waals surface area contributed by atoms with Gasteiger partial charge in [0.2, 0.25) is 0 Å². The van der Waals surface area contributed by atoms with E-state index >= 15 is 0 Å². The minimum Gasteiger partial charge on any atom is -0.448 e. The molecule has 2 aromatic rings. The van der Waals surface area contributed by atoms with Crippen molar-refractivity contribution in [3.8, 4) is 17.2 Å². The van der Waals surface area contributed by atoms with Crippen molar-refractivity contribution >= 4 is 6.09 Å². The van der Waals surface area contributed by atoms with Crippen LogP contribution in [0.25, 0.3) is 11.1 Å². The fourth-order valence-electron chi connectivity index (χ4n) is 5.23. The third-order valence-electron chi connectivity index (χ3n) is 6.43. The molecule has 4 nitrogen and oxygen atoms in total. The van der Waals surface area contributed by atoms with Crippen LogP contribution >= 0.6 is 0 Å². The van der Waals surface area contributed by atoms with Gasteiger partial charge >= 0.3 is 6.09 Å². The van der Waals surface area contributed by atoms with Crippen molar-refractivity contribution in [2.45, 2.75) is 43.7 Å². The minimum absolute atomic E-state index is 0.0906. The molecule has 0 saturated carbocycles. The summed E-state index contributed by atoms with van der Waals surface area (Å²) in [6, 6.07) is 19.3. The predicted molar refractivity (Wildman–Crippen MR) is 107 cm³/mol. The van der Waals surface area contributed by atoms with E-state index in [9.17, 15) is 4.79 Å². The van der Waals surface area contributed by atoms with Gasteiger partial charge in [-0.15, -0.1) is 0 Å². The summed E-state index contributed by atoms with van der Waals surface area (Å²) in [5.74, 6) is 0.0906. The van der Waals surface area contributed by atoms with Gasteiger partial charge in [0.1, 0.15) is 6.61 Å². The lowest BCUT2D eigenvalue weighted by atomic mass is 9.97. The number of hydrogen-bond acceptors (Lipinski definition) is 3. The molecule has 2 heterocycles. The van der Waals surface area contributed by atoms with Crippen LogP contribution in [0.15, 0.2) is 60.2 Å². The first kappa shape index (κ1) is 17.1. The summed E-state index contributed by atoms with van der Waals surface area (Å²) in [7, 11) is 0. The Bertz CT molecular complexity index is 942. The molecular weight excluding hydrogens is 348 g/mol. The second-order valence-electron chi connectivity index (χ2n) is 7.94. The van der Waals surface area contributed by atoms with Gasteiger partial charge in [-0.25, -0.2) is 4.79 Å². The Hall–Kier alpha value is -3.06. The van der Waals surface area contributed by atoms with Crippen LogP contribution in [0.4, 0.5) is 4.79 Å². The maximum Gasteiger partial charge on any atom is 0.410 e. The van der Waals surface area contributed by atoms with Crippen molar-refractivity contribution in [3.05, 3.63) is 71.3 Å². The quantitative estimate of drug-likeness (QED) is 0.698. The molecule has 140 valence electrons. The highest BCUT2D eigenvalue weighted by atomic mass is 16.6. The number of hydrogen-bond donors (Lipinski definition) is 0. The molecule has 2 fully saturated rings. The monoisotopic (exact) mass is 370 g/mol. The molecule has 28 heavy (non-hydrogen) atoms. The number of benzene rings is 2. The summed E-state index contributed by atoms with van der Waals surface area (Å²) in [6.07, 6.45) is 5.04. The van der Waals surface area contributed by atoms with E-state index in [1.807, 2.05) is 17.0 Å². The molecule has 0 N–H and O–H groups in total. The number of carbonyl (C=O) groups excluding carboxylic acids is 1. The largest absolute Gasteiger partial charge is 0.448 e. The molecular formula is C24H22N2O2. The minimum atomic E-state index is -0.203. The number of rotatable bonds is 2. The van der Waals surface area contributed by atoms with Gasteiger partial charge < -0.3 is 9.64 Å². The predicted octanol–water partition coefficient (Wildman–Crippen LogP) is 5.01. The van der Waals surface area contributed by atoms with Crippen molar-refractivity contribution in [2.24, 2.45) is 0 Å². The summed E-state index contributed by atoms with van der Waals surface area (Å²) in [6.45, 7) is 0.365. The van der Waals surface area contributed by atoms with Crippen molar-refractivity contribution in [3.63, 3.8) is 0 Å². The molecule has 2 aromatic carbocycles. The Morgan fingerprint density at radius 1 is 1.04 bits per heavy atom. The Kier molecular flexibility index (Phi) is 4.16. The molecule has 2 unspecified atom stereocenters. The molecule has 1 amide bonds. The van der Waals surface area contributed by atoms with Crippen LogP contribution in [0, 0.1) is 11.3 Å². The summed E-state index contributed by atoms with van der Waals surface area (Å²) in [5.41, 5.74) is 6.11. The lowest BCUT2D eigenvalue weighted by Crippen LogP contribution is -2.45. The van der Waals surface area contributed by atoms with Crippen molar-refractivity contribution in [1.29, 1.82) is 5.26 Å². The molecule has 3 aliphatic rings. The zero-order chi connectivity index (χ0) is 19.1. The molecule has 0 radical (unpaired) electrons. The zero-order valence-corrected chi connectivity index (χ0v) is 15.7. The lowest BCUT2D eigenvalue weighted by molar-refractivity contribution is 0.0754. The van der Waals surface area contributed by atoms with E-state index < -0.39 is 0 Å². The number of piperidine rings is 1. The number of fused-ring (bicyclic) bond motifs is 5. The van der Waals surface area contributed by atoms with Crippen LogP contribution in [0.5, 0.6) is 0 Å². The number of nitriles is 1. The molecule has 4 heteroatoms. The number of carbonyl (C=O) groups is 1. The summed E-state index contributed by atoms with van der Waals surface area (Å²) < 4.78 is 5.86. The molecule has 2 bridgehead atoms. The van der Waals surface area contributed by atoms with Gasteiger partial charge in [-0.3, -0.25) is 0 Å². The van der Waals surface area contributed by atoms with Crippen molar-refractivity contribution < 1.29 is 9.53 Å². The van der Waals surface area contributed by atoms with Crippen LogP contribution in [0.3, 0.4) is 0 Å². The summed E-state index contributed by atoms with van der Waals surface area (Å²) in [5, 5.41) is 8.92. The van der Waals surface area contributed by atoms with Crippen LogP contribution < -0.4 is 0 Å². The Morgan fingerprint density at radius 2 is 1.61 bits per heavy atom. The summed E-state index contributed by atoms with van der Waals surface area (Å²) in [4.78, 5) is 14.9. The van der Waals surface area contributed by atoms with Gasteiger partial charge in [-0.1, -0.05) is 54.1 Å².